The van der Waals surface area contributed by atoms with Gasteiger partial charge in [-0.15, -0.1) is 11.3 Å². The van der Waals surface area contributed by atoms with Gasteiger partial charge >= 0.3 is 0 Å². The Kier molecular flexibility index (Phi) is 4.01. The lowest BCUT2D eigenvalue weighted by atomic mass is 10.1. The molecule has 5 heteroatoms. The Morgan fingerprint density at radius 3 is 2.94 bits per heavy atom. The van der Waals surface area contributed by atoms with E-state index in [0.717, 1.165) is 15.8 Å². The first kappa shape index (κ1) is 12.8. The van der Waals surface area contributed by atoms with E-state index in [9.17, 15) is 4.79 Å². The smallest absolute Gasteiger partial charge is 0.229 e. The molecular formula is C12H15BrN2OS. The summed E-state index contributed by atoms with van der Waals surface area (Å²) in [7, 11) is 1.84. The van der Waals surface area contributed by atoms with Crippen LogP contribution in [0.3, 0.4) is 0 Å². The molecule has 1 aliphatic rings. The highest BCUT2D eigenvalue weighted by Gasteiger charge is 2.25. The molecule has 0 fully saturated rings. The van der Waals surface area contributed by atoms with E-state index in [1.807, 2.05) is 25.3 Å². The van der Waals surface area contributed by atoms with E-state index in [-0.39, 0.29) is 17.9 Å². The fraction of sp³-hybridized carbons (Fsp3) is 0.417. The molecule has 0 spiro atoms. The minimum atomic E-state index is -0.0444. The van der Waals surface area contributed by atoms with Crippen LogP contribution < -0.4 is 5.73 Å². The van der Waals surface area contributed by atoms with Gasteiger partial charge in [0, 0.05) is 19.6 Å². The standard InChI is InChI=1S/C12H15BrN2OS/c1-15(6-8-4-11(13)17-7-8)12(16)9-2-3-10(14)5-9/h2-4,7,9-10H,5-6,14H2,1H3. The van der Waals surface area contributed by atoms with Gasteiger partial charge in [-0.05, 0) is 39.4 Å². The van der Waals surface area contributed by atoms with Crippen LogP contribution in [0.2, 0.25) is 0 Å². The normalized spacial score (nSPS) is 23.0. The van der Waals surface area contributed by atoms with Crippen molar-refractivity contribution in [1.82, 2.24) is 4.90 Å². The molecule has 2 atom stereocenters. The molecule has 1 aromatic heterocycles. The number of nitrogens with two attached hydrogens (primary N) is 1. The summed E-state index contributed by atoms with van der Waals surface area (Å²) in [5.74, 6) is 0.105. The van der Waals surface area contributed by atoms with Crippen molar-refractivity contribution >= 4 is 33.2 Å². The Morgan fingerprint density at radius 1 is 1.65 bits per heavy atom. The molecule has 1 heterocycles. The van der Waals surface area contributed by atoms with Crippen LogP contribution >= 0.6 is 27.3 Å². The molecule has 0 aliphatic heterocycles. The number of carbonyl (C=O) groups excluding carboxylic acids is 1. The van der Waals surface area contributed by atoms with Crippen molar-refractivity contribution in [2.75, 3.05) is 7.05 Å². The summed E-state index contributed by atoms with van der Waals surface area (Å²) >= 11 is 5.06. The summed E-state index contributed by atoms with van der Waals surface area (Å²) in [6.07, 6.45) is 4.57. The molecule has 0 saturated carbocycles. The van der Waals surface area contributed by atoms with Gasteiger partial charge in [0.15, 0.2) is 0 Å². The lowest BCUT2D eigenvalue weighted by Crippen LogP contribution is -2.32. The molecular weight excluding hydrogens is 300 g/mol. The highest BCUT2D eigenvalue weighted by molar-refractivity contribution is 9.11. The van der Waals surface area contributed by atoms with Gasteiger partial charge in [-0.2, -0.15) is 0 Å². The van der Waals surface area contributed by atoms with Gasteiger partial charge in [0.25, 0.3) is 0 Å². The predicted octanol–water partition coefficient (Wildman–Crippen LogP) is 2.37. The number of amides is 1. The zero-order valence-electron chi connectivity index (χ0n) is 9.60. The SMILES string of the molecule is CN(Cc1csc(Br)c1)C(=O)C1C=CC(N)C1. The minimum absolute atomic E-state index is 0.0349. The van der Waals surface area contributed by atoms with Crippen LogP contribution in [-0.2, 0) is 11.3 Å². The third-order valence-electron chi connectivity index (χ3n) is 2.85. The van der Waals surface area contributed by atoms with E-state index in [1.165, 1.54) is 0 Å². The van der Waals surface area contributed by atoms with Crippen molar-refractivity contribution in [2.24, 2.45) is 11.7 Å². The largest absolute Gasteiger partial charge is 0.341 e. The Balaban J connectivity index is 1.94. The van der Waals surface area contributed by atoms with Gasteiger partial charge in [0.05, 0.1) is 9.70 Å². The number of hydrogen-bond donors (Lipinski definition) is 1. The summed E-state index contributed by atoms with van der Waals surface area (Å²) in [5, 5.41) is 2.06. The topological polar surface area (TPSA) is 46.3 Å². The van der Waals surface area contributed by atoms with Crippen molar-refractivity contribution in [3.63, 3.8) is 0 Å². The first-order chi connectivity index (χ1) is 8.06. The van der Waals surface area contributed by atoms with Gasteiger partial charge in [-0.25, -0.2) is 0 Å². The van der Waals surface area contributed by atoms with Crippen LogP contribution in [0.25, 0.3) is 0 Å². The Hall–Kier alpha value is -0.650. The molecule has 2 rings (SSSR count). The lowest BCUT2D eigenvalue weighted by Gasteiger charge is -2.20. The van der Waals surface area contributed by atoms with Crippen LogP contribution in [-0.4, -0.2) is 23.9 Å². The summed E-state index contributed by atoms with van der Waals surface area (Å²) in [4.78, 5) is 13.9. The molecule has 92 valence electrons. The Morgan fingerprint density at radius 2 is 2.41 bits per heavy atom. The Labute approximate surface area is 113 Å². The van der Waals surface area contributed by atoms with Crippen LogP contribution in [0.1, 0.15) is 12.0 Å². The molecule has 0 bridgehead atoms. The van der Waals surface area contributed by atoms with E-state index in [4.69, 9.17) is 5.73 Å². The Bertz CT molecular complexity index is 443. The predicted molar refractivity (Wildman–Crippen MR) is 73.7 cm³/mol. The van der Waals surface area contributed by atoms with Gasteiger partial charge in [-0.1, -0.05) is 12.2 Å². The number of hydrogen-bond acceptors (Lipinski definition) is 3. The second kappa shape index (κ2) is 5.33. The summed E-state index contributed by atoms with van der Waals surface area (Å²) in [6.45, 7) is 0.653. The molecule has 17 heavy (non-hydrogen) atoms. The van der Waals surface area contributed by atoms with Crippen molar-refractivity contribution < 1.29 is 4.79 Å². The quantitative estimate of drug-likeness (QED) is 0.871. The molecule has 1 amide bonds. The van der Waals surface area contributed by atoms with Gasteiger partial charge < -0.3 is 10.6 Å². The van der Waals surface area contributed by atoms with E-state index in [1.54, 1.807) is 16.2 Å². The number of nitrogens with zero attached hydrogens (tertiary/aromatic N) is 1. The van der Waals surface area contributed by atoms with Gasteiger partial charge in [0.2, 0.25) is 5.91 Å². The number of rotatable bonds is 3. The monoisotopic (exact) mass is 314 g/mol. The second-order valence-electron chi connectivity index (χ2n) is 4.34. The summed E-state index contributed by atoms with van der Waals surface area (Å²) in [6, 6.07) is 2.08. The highest BCUT2D eigenvalue weighted by Crippen LogP contribution is 2.23. The third kappa shape index (κ3) is 3.18. The molecule has 0 radical (unpaired) electrons. The van der Waals surface area contributed by atoms with Crippen molar-refractivity contribution in [3.8, 4) is 0 Å². The molecule has 3 nitrogen and oxygen atoms in total. The van der Waals surface area contributed by atoms with Crippen molar-refractivity contribution in [3.05, 3.63) is 32.9 Å². The van der Waals surface area contributed by atoms with Crippen molar-refractivity contribution in [1.29, 1.82) is 0 Å². The van der Waals surface area contributed by atoms with Crippen LogP contribution in [0.15, 0.2) is 27.4 Å². The molecule has 0 aromatic carbocycles. The van der Waals surface area contributed by atoms with E-state index in [2.05, 4.69) is 21.3 Å². The lowest BCUT2D eigenvalue weighted by molar-refractivity contribution is -0.133. The van der Waals surface area contributed by atoms with Crippen LogP contribution in [0, 0.1) is 5.92 Å². The minimum Gasteiger partial charge on any atom is -0.341 e. The first-order valence-electron chi connectivity index (χ1n) is 5.48. The summed E-state index contributed by atoms with van der Waals surface area (Å²) < 4.78 is 1.09. The van der Waals surface area contributed by atoms with Gasteiger partial charge in [-0.3, -0.25) is 4.79 Å². The summed E-state index contributed by atoms with van der Waals surface area (Å²) in [5.41, 5.74) is 6.91. The average Bonchev–Trinajstić information content (AvgIpc) is 2.87. The maximum absolute atomic E-state index is 12.1. The molecule has 1 aromatic rings. The zero-order chi connectivity index (χ0) is 12.4. The molecule has 2 unspecified atom stereocenters. The number of halogens is 1. The van der Waals surface area contributed by atoms with E-state index >= 15 is 0 Å². The molecule has 0 saturated heterocycles. The van der Waals surface area contributed by atoms with Crippen LogP contribution in [0.5, 0.6) is 0 Å². The van der Waals surface area contributed by atoms with E-state index < -0.39 is 0 Å². The maximum atomic E-state index is 12.1. The van der Waals surface area contributed by atoms with Crippen LogP contribution in [0.4, 0.5) is 0 Å². The number of thiophene rings is 1. The molecule has 1 aliphatic carbocycles. The number of carbonyl (C=O) groups is 1. The second-order valence-corrected chi connectivity index (χ2v) is 6.63. The maximum Gasteiger partial charge on any atom is 0.229 e. The molecule has 2 N–H and O–H groups in total. The average molecular weight is 315 g/mol. The third-order valence-corrected chi connectivity index (χ3v) is 4.40. The highest BCUT2D eigenvalue weighted by atomic mass is 79.9. The van der Waals surface area contributed by atoms with Gasteiger partial charge in [0.1, 0.15) is 0 Å². The fourth-order valence-electron chi connectivity index (χ4n) is 1.97. The first-order valence-corrected chi connectivity index (χ1v) is 7.15. The zero-order valence-corrected chi connectivity index (χ0v) is 12.0. The van der Waals surface area contributed by atoms with E-state index in [0.29, 0.717) is 6.54 Å². The van der Waals surface area contributed by atoms with Crippen molar-refractivity contribution in [2.45, 2.75) is 19.0 Å². The fourth-order valence-corrected chi connectivity index (χ4v) is 3.17.